The first-order chi connectivity index (χ1) is 27.8. The molecule has 0 N–H and O–H groups in total. The lowest BCUT2D eigenvalue weighted by Gasteiger charge is -2.14. The van der Waals surface area contributed by atoms with Crippen molar-refractivity contribution >= 4 is 53.3 Å². The van der Waals surface area contributed by atoms with Crippen LogP contribution in [0.15, 0.2) is 188 Å². The van der Waals surface area contributed by atoms with Crippen molar-refractivity contribution in [2.45, 2.75) is 0 Å². The number of nitrogens with zero attached hydrogens (tertiary/aromatic N) is 5. The summed E-state index contributed by atoms with van der Waals surface area (Å²) in [6, 6.07) is 65.4. The van der Waals surface area contributed by atoms with E-state index in [0.717, 1.165) is 39.2 Å². The van der Waals surface area contributed by atoms with Gasteiger partial charge in [-0.2, -0.15) is 0 Å². The van der Waals surface area contributed by atoms with Crippen molar-refractivity contribution in [3.63, 3.8) is 0 Å². The Morgan fingerprint density at radius 3 is 1.64 bits per heavy atom. The van der Waals surface area contributed by atoms with Gasteiger partial charge < -0.3 is 4.57 Å². The van der Waals surface area contributed by atoms with Crippen LogP contribution in [0.5, 0.6) is 0 Å². The number of hydrogen-bond acceptors (Lipinski definition) is 5. The predicted octanol–water partition coefficient (Wildman–Crippen LogP) is 13.1. The van der Waals surface area contributed by atoms with Crippen LogP contribution in [0.4, 0.5) is 0 Å². The van der Waals surface area contributed by atoms with E-state index in [9.17, 15) is 0 Å². The summed E-state index contributed by atoms with van der Waals surface area (Å²) >= 11 is 1.83. The summed E-state index contributed by atoms with van der Waals surface area (Å²) in [6.45, 7) is 0. The topological polar surface area (TPSA) is 56.5 Å². The summed E-state index contributed by atoms with van der Waals surface area (Å²) in [6.07, 6.45) is 0. The van der Waals surface area contributed by atoms with Gasteiger partial charge in [-0.3, -0.25) is 0 Å². The largest absolute Gasteiger partial charge is 0.309 e. The molecular weight excluding hydrogens is 703 g/mol. The van der Waals surface area contributed by atoms with Gasteiger partial charge in [0.2, 0.25) is 0 Å². The molecule has 11 aromatic rings. The third-order valence-corrected chi connectivity index (χ3v) is 11.6. The zero-order valence-electron chi connectivity index (χ0n) is 30.0. The molecule has 11 rings (SSSR count). The third-order valence-electron chi connectivity index (χ3n) is 10.5. The summed E-state index contributed by atoms with van der Waals surface area (Å²) in [7, 11) is 0. The minimum absolute atomic E-state index is 0.521. The number of benzene rings is 7. The van der Waals surface area contributed by atoms with E-state index in [0.29, 0.717) is 23.2 Å². The molecule has 7 aromatic carbocycles. The second-order valence-electron chi connectivity index (χ2n) is 13.8. The van der Waals surface area contributed by atoms with Crippen LogP contribution in [-0.4, -0.2) is 24.5 Å². The van der Waals surface area contributed by atoms with E-state index in [1.54, 1.807) is 0 Å². The van der Waals surface area contributed by atoms with Crippen molar-refractivity contribution in [2.75, 3.05) is 0 Å². The molecule has 0 radical (unpaired) electrons. The Labute approximate surface area is 326 Å². The van der Waals surface area contributed by atoms with Gasteiger partial charge in [0, 0.05) is 58.9 Å². The minimum atomic E-state index is 0.521. The van der Waals surface area contributed by atoms with Gasteiger partial charge in [-0.15, -0.1) is 11.3 Å². The molecule has 0 saturated carbocycles. The van der Waals surface area contributed by atoms with Crippen molar-refractivity contribution in [1.29, 1.82) is 0 Å². The lowest BCUT2D eigenvalue weighted by Crippen LogP contribution is -2.03. The molecule has 0 aliphatic heterocycles. The number of rotatable bonds is 6. The highest BCUT2D eigenvalue weighted by molar-refractivity contribution is 7.26. The first-order valence-electron chi connectivity index (χ1n) is 18.7. The Morgan fingerprint density at radius 1 is 0.357 bits per heavy atom. The summed E-state index contributed by atoms with van der Waals surface area (Å²) in [4.78, 5) is 20.8. The van der Waals surface area contributed by atoms with Crippen LogP contribution in [0.1, 0.15) is 0 Å². The van der Waals surface area contributed by atoms with E-state index in [-0.39, 0.29) is 0 Å². The molecule has 0 aliphatic carbocycles. The maximum Gasteiger partial charge on any atom is 0.183 e. The molecule has 0 spiro atoms. The first-order valence-corrected chi connectivity index (χ1v) is 19.5. The molecule has 5 nitrogen and oxygen atoms in total. The second-order valence-corrected chi connectivity index (χ2v) is 14.9. The fourth-order valence-corrected chi connectivity index (χ4v) is 9.12. The average Bonchev–Trinajstić information content (AvgIpc) is 3.83. The quantitative estimate of drug-likeness (QED) is 0.171. The van der Waals surface area contributed by atoms with Gasteiger partial charge in [0.25, 0.3) is 0 Å². The van der Waals surface area contributed by atoms with E-state index in [1.165, 1.54) is 42.0 Å². The summed E-state index contributed by atoms with van der Waals surface area (Å²) in [5.41, 5.74) is 9.95. The number of thiophene rings is 1. The number of aromatic nitrogens is 5. The third kappa shape index (κ3) is 5.30. The molecule has 4 heterocycles. The molecule has 4 aromatic heterocycles. The summed E-state index contributed by atoms with van der Waals surface area (Å²) in [5.74, 6) is 1.72. The molecule has 0 unspecified atom stereocenters. The molecule has 56 heavy (non-hydrogen) atoms. The lowest BCUT2D eigenvalue weighted by molar-refractivity contribution is 1.06. The molecule has 6 heteroatoms. The van der Waals surface area contributed by atoms with E-state index in [4.69, 9.17) is 19.9 Å². The predicted molar refractivity (Wildman–Crippen MR) is 232 cm³/mol. The minimum Gasteiger partial charge on any atom is -0.309 e. The lowest BCUT2D eigenvalue weighted by atomic mass is 9.95. The van der Waals surface area contributed by atoms with Gasteiger partial charge in [0.05, 0.1) is 16.7 Å². The molecule has 0 bridgehead atoms. The number of para-hydroxylation sites is 2. The van der Waals surface area contributed by atoms with Gasteiger partial charge in [-0.25, -0.2) is 19.9 Å². The zero-order valence-corrected chi connectivity index (χ0v) is 30.9. The number of fused-ring (bicyclic) bond motifs is 7. The zero-order chi connectivity index (χ0) is 37.0. The SMILES string of the molecule is c1ccc(-c2ccc(-c3cccc4sc5ccc6c(c7ccccc7n6-c6ccccc6)c5c34)c(-c3nc(-c4ccccc4)nc(-c4ccccc4)n3)n2)cc1. The van der Waals surface area contributed by atoms with E-state index in [2.05, 4.69) is 114 Å². The van der Waals surface area contributed by atoms with Crippen LogP contribution in [0.25, 0.3) is 104 Å². The fourth-order valence-electron chi connectivity index (χ4n) is 7.98. The Bertz CT molecular complexity index is 3170. The van der Waals surface area contributed by atoms with E-state index in [1.807, 2.05) is 90.2 Å². The van der Waals surface area contributed by atoms with Crippen LogP contribution in [0.3, 0.4) is 0 Å². The second kappa shape index (κ2) is 13.2. The normalized spacial score (nSPS) is 11.6. The molecule has 0 fully saturated rings. The van der Waals surface area contributed by atoms with Crippen LogP contribution in [0, 0.1) is 0 Å². The number of pyridine rings is 1. The standard InChI is InChI=1S/C50H31N5S/c1-5-16-32(17-6-1)39-29-28-37(47(51-39)50-53-48(33-18-7-2-8-19-33)52-49(54-50)34-20-9-3-10-21-34)36-25-15-27-42-45(36)46-43(56-42)31-30-41-44(46)38-24-13-14-26-40(38)55(41)35-22-11-4-12-23-35/h1-31H. The molecule has 0 saturated heterocycles. The van der Waals surface area contributed by atoms with Crippen LogP contribution in [-0.2, 0) is 0 Å². The highest BCUT2D eigenvalue weighted by Gasteiger charge is 2.23. The Hall–Kier alpha value is -7.28. The monoisotopic (exact) mass is 733 g/mol. The van der Waals surface area contributed by atoms with E-state index >= 15 is 0 Å². The molecule has 262 valence electrons. The smallest absolute Gasteiger partial charge is 0.183 e. The average molecular weight is 734 g/mol. The van der Waals surface area contributed by atoms with Crippen LogP contribution in [0.2, 0.25) is 0 Å². The van der Waals surface area contributed by atoms with Gasteiger partial charge in [0.1, 0.15) is 5.69 Å². The van der Waals surface area contributed by atoms with Crippen molar-refractivity contribution < 1.29 is 0 Å². The van der Waals surface area contributed by atoms with Crippen molar-refractivity contribution in [3.05, 3.63) is 188 Å². The Balaban J connectivity index is 1.23. The molecule has 0 amide bonds. The van der Waals surface area contributed by atoms with Gasteiger partial charge in [-0.1, -0.05) is 140 Å². The fraction of sp³-hybridized carbons (Fsp3) is 0. The van der Waals surface area contributed by atoms with Crippen molar-refractivity contribution in [2.24, 2.45) is 0 Å². The van der Waals surface area contributed by atoms with Crippen LogP contribution >= 0.6 is 11.3 Å². The van der Waals surface area contributed by atoms with E-state index < -0.39 is 0 Å². The molecule has 0 aliphatic rings. The van der Waals surface area contributed by atoms with Gasteiger partial charge in [-0.05, 0) is 54.1 Å². The Kier molecular flexibility index (Phi) is 7.60. The van der Waals surface area contributed by atoms with Crippen LogP contribution < -0.4 is 0 Å². The number of hydrogen-bond donors (Lipinski definition) is 0. The van der Waals surface area contributed by atoms with Crippen molar-refractivity contribution in [1.82, 2.24) is 24.5 Å². The van der Waals surface area contributed by atoms with Gasteiger partial charge in [0.15, 0.2) is 17.5 Å². The van der Waals surface area contributed by atoms with Gasteiger partial charge >= 0.3 is 0 Å². The maximum atomic E-state index is 5.43. The molecular formula is C50H31N5S. The maximum absolute atomic E-state index is 5.43. The Morgan fingerprint density at radius 2 is 0.946 bits per heavy atom. The molecule has 0 atom stereocenters. The van der Waals surface area contributed by atoms with Crippen molar-refractivity contribution in [3.8, 4) is 62.4 Å². The first kappa shape index (κ1) is 32.2. The summed E-state index contributed by atoms with van der Waals surface area (Å²) < 4.78 is 4.84. The summed E-state index contributed by atoms with van der Waals surface area (Å²) in [5, 5.41) is 4.91. The highest BCUT2D eigenvalue weighted by atomic mass is 32.1. The highest BCUT2D eigenvalue weighted by Crippen LogP contribution is 2.47.